The highest BCUT2D eigenvalue weighted by Crippen LogP contribution is 2.45. The topological polar surface area (TPSA) is 30.2 Å². The Morgan fingerprint density at radius 1 is 0.588 bits per heavy atom. The van der Waals surface area contributed by atoms with Crippen LogP contribution in [0.4, 0.5) is 0 Å². The second kappa shape index (κ2) is 5.79. The highest BCUT2D eigenvalue weighted by atomic mass is 32.1. The van der Waals surface area contributed by atoms with Gasteiger partial charge >= 0.3 is 0 Å². The van der Waals surface area contributed by atoms with Crippen LogP contribution in [0.5, 0.6) is 0 Å². The van der Waals surface area contributed by atoms with Crippen molar-refractivity contribution in [3.8, 4) is 0 Å². The second-order valence-corrected chi connectivity index (χ2v) is 10.1. The molecule has 0 saturated carbocycles. The van der Waals surface area contributed by atoms with Gasteiger partial charge in [0, 0.05) is 36.3 Å². The van der Waals surface area contributed by atoms with E-state index >= 15 is 0 Å². The summed E-state index contributed by atoms with van der Waals surface area (Å²) in [6.07, 6.45) is 0. The van der Waals surface area contributed by atoms with E-state index in [-0.39, 0.29) is 0 Å². The van der Waals surface area contributed by atoms with Crippen LogP contribution in [0.1, 0.15) is 0 Å². The zero-order chi connectivity index (χ0) is 22.0. The third kappa shape index (κ3) is 1.95. The van der Waals surface area contributed by atoms with Crippen molar-refractivity contribution in [2.45, 2.75) is 0 Å². The van der Waals surface area contributed by atoms with E-state index in [9.17, 15) is 0 Å². The van der Waals surface area contributed by atoms with Crippen LogP contribution in [0.3, 0.4) is 0 Å². The zero-order valence-electron chi connectivity index (χ0n) is 17.9. The molecular weight excluding hydrogens is 434 g/mol. The van der Waals surface area contributed by atoms with Crippen LogP contribution in [0.2, 0.25) is 0 Å². The lowest BCUT2D eigenvalue weighted by molar-refractivity contribution is 1.28. The van der Waals surface area contributed by atoms with E-state index in [1.54, 1.807) is 0 Å². The van der Waals surface area contributed by atoms with E-state index in [1.165, 1.54) is 58.1 Å². The van der Waals surface area contributed by atoms with E-state index in [0.717, 1.165) is 22.2 Å². The van der Waals surface area contributed by atoms with Crippen LogP contribution in [0.25, 0.3) is 80.3 Å². The van der Waals surface area contributed by atoms with Gasteiger partial charge in [-0.25, -0.2) is 9.97 Å². The number of hydrogen-bond donors (Lipinski definition) is 0. The molecule has 0 saturated heterocycles. The first-order valence-electron chi connectivity index (χ1n) is 11.4. The Kier molecular flexibility index (Phi) is 2.94. The minimum atomic E-state index is 0.927. The van der Waals surface area contributed by atoms with Gasteiger partial charge in [0.25, 0.3) is 0 Å². The van der Waals surface area contributed by atoms with E-state index in [4.69, 9.17) is 9.97 Å². The molecule has 34 heavy (non-hydrogen) atoms. The molecule has 0 aliphatic carbocycles. The molecule has 9 aromatic rings. The molecule has 5 aromatic carbocycles. The van der Waals surface area contributed by atoms with Crippen LogP contribution in [0.15, 0.2) is 91.0 Å². The monoisotopic (exact) mass is 449 g/mol. The first-order valence-corrected chi connectivity index (χ1v) is 12.3. The maximum Gasteiger partial charge on any atom is 0.165 e. The highest BCUT2D eigenvalue weighted by Gasteiger charge is 2.23. The van der Waals surface area contributed by atoms with Crippen molar-refractivity contribution in [2.75, 3.05) is 0 Å². The van der Waals surface area contributed by atoms with Crippen molar-refractivity contribution in [2.24, 2.45) is 0 Å². The summed E-state index contributed by atoms with van der Waals surface area (Å²) in [7, 11) is 0. The van der Waals surface area contributed by atoms with Crippen LogP contribution in [-0.4, -0.2) is 14.4 Å². The second-order valence-electron chi connectivity index (χ2n) is 9.05. The quantitative estimate of drug-likeness (QED) is 0.233. The predicted molar refractivity (Wildman–Crippen MR) is 145 cm³/mol. The fraction of sp³-hybridized carbons (Fsp3) is 0. The molecule has 0 radical (unpaired) electrons. The Hall–Kier alpha value is -4.28. The van der Waals surface area contributed by atoms with Crippen molar-refractivity contribution in [3.05, 3.63) is 91.0 Å². The van der Waals surface area contributed by atoms with Crippen molar-refractivity contribution < 1.29 is 0 Å². The predicted octanol–water partition coefficient (Wildman–Crippen LogP) is 8.30. The standard InChI is InChI=1S/C30H15N3S/c1-2-8-17-16(7-1)13-21-28-30(32-23-11-5-4-10-22(23)31-28)33-24-15-26-19(14-20(24)27(17)29(21)33)18-9-3-6-12-25(18)34-26/h1-15H. The van der Waals surface area contributed by atoms with Crippen molar-refractivity contribution >= 4 is 91.7 Å². The molecule has 9 rings (SSSR count). The third-order valence-electron chi connectivity index (χ3n) is 7.27. The molecule has 4 heteroatoms. The number of benzene rings is 5. The first kappa shape index (κ1) is 17.2. The smallest absolute Gasteiger partial charge is 0.165 e. The summed E-state index contributed by atoms with van der Waals surface area (Å²) in [6, 6.07) is 32.6. The first-order chi connectivity index (χ1) is 16.8. The molecule has 156 valence electrons. The fourth-order valence-electron chi connectivity index (χ4n) is 5.84. The molecule has 3 nitrogen and oxygen atoms in total. The van der Waals surface area contributed by atoms with Crippen LogP contribution < -0.4 is 0 Å². The summed E-state index contributed by atoms with van der Waals surface area (Å²) in [5.74, 6) is 0. The largest absolute Gasteiger partial charge is 0.291 e. The lowest BCUT2D eigenvalue weighted by Gasteiger charge is -2.03. The normalized spacial score (nSPS) is 12.7. The van der Waals surface area contributed by atoms with E-state index in [0.29, 0.717) is 0 Å². The molecule has 0 aliphatic heterocycles. The maximum atomic E-state index is 5.14. The molecule has 0 unspecified atom stereocenters. The summed E-state index contributed by atoms with van der Waals surface area (Å²) in [4.78, 5) is 10.2. The fourth-order valence-corrected chi connectivity index (χ4v) is 6.96. The van der Waals surface area contributed by atoms with Gasteiger partial charge in [0.15, 0.2) is 5.65 Å². The Bertz CT molecular complexity index is 2290. The molecule has 0 aliphatic rings. The van der Waals surface area contributed by atoms with Crippen molar-refractivity contribution in [1.82, 2.24) is 14.4 Å². The number of aromatic nitrogens is 3. The molecule has 0 amide bonds. The molecule has 4 aromatic heterocycles. The van der Waals surface area contributed by atoms with Gasteiger partial charge in [-0.05, 0) is 47.2 Å². The van der Waals surface area contributed by atoms with Gasteiger partial charge in [0.2, 0.25) is 0 Å². The van der Waals surface area contributed by atoms with Gasteiger partial charge < -0.3 is 0 Å². The van der Waals surface area contributed by atoms with Gasteiger partial charge in [-0.2, -0.15) is 0 Å². The lowest BCUT2D eigenvalue weighted by atomic mass is 10.0. The SMILES string of the molecule is c1ccc2c(c1)cc1c3nc4ccccc4nc3n3c4cc5sc6ccccc6c5cc4c2c13. The third-order valence-corrected chi connectivity index (χ3v) is 8.40. The molecular formula is C30H15N3S. The van der Waals surface area contributed by atoms with Crippen molar-refractivity contribution in [3.63, 3.8) is 0 Å². The Morgan fingerprint density at radius 3 is 2.26 bits per heavy atom. The molecule has 0 N–H and O–H groups in total. The molecule has 0 spiro atoms. The minimum Gasteiger partial charge on any atom is -0.291 e. The maximum absolute atomic E-state index is 5.14. The number of thiophene rings is 1. The summed E-state index contributed by atoms with van der Waals surface area (Å²) >= 11 is 1.86. The number of rotatable bonds is 0. The Labute approximate surface area is 196 Å². The van der Waals surface area contributed by atoms with Gasteiger partial charge in [0.05, 0.1) is 22.1 Å². The lowest BCUT2D eigenvalue weighted by Crippen LogP contribution is -1.88. The van der Waals surface area contributed by atoms with Crippen LogP contribution in [0, 0.1) is 0 Å². The van der Waals surface area contributed by atoms with Gasteiger partial charge in [-0.15, -0.1) is 11.3 Å². The number of nitrogens with zero attached hydrogens (tertiary/aromatic N) is 3. The summed E-state index contributed by atoms with van der Waals surface area (Å²) in [5.41, 5.74) is 6.20. The Morgan fingerprint density at radius 2 is 1.35 bits per heavy atom. The average molecular weight is 450 g/mol. The van der Waals surface area contributed by atoms with E-state index in [2.05, 4.69) is 77.2 Å². The number of fused-ring (bicyclic) bond motifs is 12. The Balaban J connectivity index is 1.64. The minimum absolute atomic E-state index is 0.927. The van der Waals surface area contributed by atoms with Crippen LogP contribution in [-0.2, 0) is 0 Å². The summed E-state index contributed by atoms with van der Waals surface area (Å²) < 4.78 is 4.99. The number of para-hydroxylation sites is 2. The van der Waals surface area contributed by atoms with Gasteiger partial charge in [-0.1, -0.05) is 54.6 Å². The summed E-state index contributed by atoms with van der Waals surface area (Å²) in [6.45, 7) is 0. The molecule has 0 fully saturated rings. The number of hydrogen-bond acceptors (Lipinski definition) is 3. The molecule has 0 bridgehead atoms. The highest BCUT2D eigenvalue weighted by molar-refractivity contribution is 7.25. The van der Waals surface area contributed by atoms with Gasteiger partial charge in [-0.3, -0.25) is 4.40 Å². The molecule has 4 heterocycles. The van der Waals surface area contributed by atoms with E-state index in [1.807, 2.05) is 29.5 Å². The van der Waals surface area contributed by atoms with Crippen molar-refractivity contribution in [1.29, 1.82) is 0 Å². The molecule has 0 atom stereocenters. The zero-order valence-corrected chi connectivity index (χ0v) is 18.7. The summed E-state index contributed by atoms with van der Waals surface area (Å²) in [5, 5.41) is 8.92. The average Bonchev–Trinajstić information content (AvgIpc) is 3.51. The van der Waals surface area contributed by atoms with Gasteiger partial charge in [0.1, 0.15) is 5.52 Å². The van der Waals surface area contributed by atoms with E-state index < -0.39 is 0 Å². The van der Waals surface area contributed by atoms with Crippen LogP contribution >= 0.6 is 11.3 Å².